The lowest BCUT2D eigenvalue weighted by atomic mass is 10.1. The van der Waals surface area contributed by atoms with Crippen LogP contribution in [0.25, 0.3) is 0 Å². The van der Waals surface area contributed by atoms with Crippen molar-refractivity contribution >= 4 is 9.47 Å². The van der Waals surface area contributed by atoms with Gasteiger partial charge in [-0.1, -0.05) is 38.8 Å². The highest BCUT2D eigenvalue weighted by Gasteiger charge is 1.96. The summed E-state index contributed by atoms with van der Waals surface area (Å²) in [5, 5.41) is 0. The van der Waals surface area contributed by atoms with E-state index < -0.39 is 0 Å². The third-order valence-corrected chi connectivity index (χ3v) is 2.95. The van der Waals surface area contributed by atoms with Gasteiger partial charge < -0.3 is 9.26 Å². The van der Waals surface area contributed by atoms with Crippen molar-refractivity contribution in [2.75, 3.05) is 19.8 Å². The third kappa shape index (κ3) is 14.0. The minimum atomic E-state index is 0.647. The Labute approximate surface area is 109 Å². The van der Waals surface area contributed by atoms with Gasteiger partial charge in [-0.05, 0) is 31.6 Å². The first-order valence-electron chi connectivity index (χ1n) is 6.87. The van der Waals surface area contributed by atoms with Crippen molar-refractivity contribution in [1.29, 1.82) is 0 Å². The quantitative estimate of drug-likeness (QED) is 0.295. The molecule has 0 spiro atoms. The van der Waals surface area contributed by atoms with Crippen molar-refractivity contribution in [3.8, 4) is 0 Å². The summed E-state index contributed by atoms with van der Waals surface area (Å²) in [5.41, 5.74) is 0. The summed E-state index contributed by atoms with van der Waals surface area (Å²) >= 11 is 0. The zero-order chi connectivity index (χ0) is 12.8. The predicted octanol–water partition coefficient (Wildman–Crippen LogP) is 4.36. The van der Waals surface area contributed by atoms with Crippen molar-refractivity contribution in [3.05, 3.63) is 12.2 Å². The molecule has 0 fully saturated rings. The van der Waals surface area contributed by atoms with E-state index in [2.05, 4.69) is 35.5 Å². The van der Waals surface area contributed by atoms with Crippen LogP contribution in [0.15, 0.2) is 12.2 Å². The molecule has 3 heteroatoms. The Morgan fingerprint density at radius 1 is 1.06 bits per heavy atom. The van der Waals surface area contributed by atoms with Gasteiger partial charge in [0.15, 0.2) is 0 Å². The summed E-state index contributed by atoms with van der Waals surface area (Å²) in [4.78, 5) is 0. The average molecular weight is 260 g/mol. The van der Waals surface area contributed by atoms with Crippen molar-refractivity contribution in [1.82, 2.24) is 0 Å². The summed E-state index contributed by atoms with van der Waals surface area (Å²) in [6.07, 6.45) is 11.6. The molecule has 0 amide bonds. The monoisotopic (exact) mass is 260 g/mol. The van der Waals surface area contributed by atoms with Gasteiger partial charge in [0.05, 0.1) is 6.61 Å². The summed E-state index contributed by atoms with van der Waals surface area (Å²) in [5.74, 6) is 0.647. The van der Waals surface area contributed by atoms with E-state index in [9.17, 15) is 0 Å². The van der Waals surface area contributed by atoms with E-state index in [1.807, 2.05) is 0 Å². The largest absolute Gasteiger partial charge is 0.381 e. The molecule has 0 heterocycles. The van der Waals surface area contributed by atoms with Crippen LogP contribution in [0, 0.1) is 5.92 Å². The van der Waals surface area contributed by atoms with E-state index in [1.165, 1.54) is 19.3 Å². The van der Waals surface area contributed by atoms with Gasteiger partial charge in [-0.25, -0.2) is 0 Å². The van der Waals surface area contributed by atoms with Crippen molar-refractivity contribution in [2.45, 2.75) is 52.4 Å². The van der Waals surface area contributed by atoms with Crippen LogP contribution in [0.1, 0.15) is 52.4 Å². The molecule has 0 aromatic carbocycles. The first-order valence-corrected chi connectivity index (χ1v) is 7.34. The lowest BCUT2D eigenvalue weighted by Gasteiger charge is -2.07. The molecule has 0 aliphatic rings. The van der Waals surface area contributed by atoms with E-state index in [1.54, 1.807) is 0 Å². The Balaban J connectivity index is 3.10. The van der Waals surface area contributed by atoms with Gasteiger partial charge in [0.1, 0.15) is 0 Å². The molecular weight excluding hydrogens is 231 g/mol. The third-order valence-electron chi connectivity index (χ3n) is 2.72. The standard InChI is InChI=1S/C14H29O2P/c1-3-4-9-14(2)10-13-15-11-7-5-6-8-12-16-17/h4,9,14H,3,5-8,10-13,17H2,1-2H3. The molecule has 0 saturated carbocycles. The number of allylic oxidation sites excluding steroid dienone is 2. The number of hydrogen-bond donors (Lipinski definition) is 0. The van der Waals surface area contributed by atoms with Crippen LogP contribution in [-0.2, 0) is 9.26 Å². The van der Waals surface area contributed by atoms with Crippen LogP contribution in [0.3, 0.4) is 0 Å². The molecule has 0 aromatic rings. The Morgan fingerprint density at radius 3 is 2.41 bits per heavy atom. The van der Waals surface area contributed by atoms with E-state index in [4.69, 9.17) is 9.26 Å². The first-order chi connectivity index (χ1) is 8.31. The van der Waals surface area contributed by atoms with E-state index in [-0.39, 0.29) is 0 Å². The van der Waals surface area contributed by atoms with Crippen molar-refractivity contribution in [2.24, 2.45) is 5.92 Å². The fraction of sp³-hybridized carbons (Fsp3) is 0.857. The molecule has 2 nitrogen and oxygen atoms in total. The van der Waals surface area contributed by atoms with Gasteiger partial charge in [0.2, 0.25) is 0 Å². The SMILES string of the molecule is CCC=CC(C)CCOCCCCCCOP. The lowest BCUT2D eigenvalue weighted by molar-refractivity contribution is 0.121. The molecule has 2 unspecified atom stereocenters. The van der Waals surface area contributed by atoms with Crippen LogP contribution < -0.4 is 0 Å². The lowest BCUT2D eigenvalue weighted by Crippen LogP contribution is -2.01. The molecule has 0 rings (SSSR count). The molecule has 2 atom stereocenters. The maximum Gasteiger partial charge on any atom is 0.0501 e. The Hall–Kier alpha value is 0.0900. The molecule has 17 heavy (non-hydrogen) atoms. The highest BCUT2D eigenvalue weighted by molar-refractivity contribution is 7.09. The summed E-state index contributed by atoms with van der Waals surface area (Å²) < 4.78 is 10.5. The van der Waals surface area contributed by atoms with E-state index in [0.717, 1.165) is 39.1 Å². The molecule has 0 aliphatic carbocycles. The molecule has 0 N–H and O–H groups in total. The Morgan fingerprint density at radius 2 is 1.76 bits per heavy atom. The van der Waals surface area contributed by atoms with Crippen LogP contribution in [0.5, 0.6) is 0 Å². The summed E-state index contributed by atoms with van der Waals surface area (Å²) in [7, 11) is 2.29. The van der Waals surface area contributed by atoms with Crippen molar-refractivity contribution in [3.63, 3.8) is 0 Å². The smallest absolute Gasteiger partial charge is 0.0501 e. The van der Waals surface area contributed by atoms with Crippen LogP contribution in [-0.4, -0.2) is 19.8 Å². The minimum Gasteiger partial charge on any atom is -0.381 e. The average Bonchev–Trinajstić information content (AvgIpc) is 2.34. The fourth-order valence-corrected chi connectivity index (χ4v) is 1.75. The zero-order valence-corrected chi connectivity index (χ0v) is 12.6. The fourth-order valence-electron chi connectivity index (χ4n) is 1.58. The molecule has 0 aliphatic heterocycles. The second-order valence-electron chi connectivity index (χ2n) is 4.50. The number of unbranched alkanes of at least 4 members (excludes halogenated alkanes) is 3. The highest BCUT2D eigenvalue weighted by atomic mass is 31.0. The van der Waals surface area contributed by atoms with Crippen LogP contribution in [0.4, 0.5) is 0 Å². The minimum absolute atomic E-state index is 0.647. The van der Waals surface area contributed by atoms with E-state index in [0.29, 0.717) is 5.92 Å². The van der Waals surface area contributed by atoms with Gasteiger partial charge in [-0.2, -0.15) is 0 Å². The second-order valence-corrected chi connectivity index (χ2v) is 4.83. The number of ether oxygens (including phenoxy) is 1. The van der Waals surface area contributed by atoms with E-state index >= 15 is 0 Å². The molecule has 0 saturated heterocycles. The molecule has 102 valence electrons. The summed E-state index contributed by atoms with van der Waals surface area (Å²) in [6, 6.07) is 0. The first kappa shape index (κ1) is 17.1. The number of hydrogen-bond acceptors (Lipinski definition) is 2. The Bertz CT molecular complexity index is 172. The second kappa shape index (κ2) is 14.2. The molecule has 0 aromatic heterocycles. The van der Waals surface area contributed by atoms with Gasteiger partial charge in [-0.15, -0.1) is 0 Å². The van der Waals surface area contributed by atoms with Crippen LogP contribution >= 0.6 is 9.47 Å². The zero-order valence-electron chi connectivity index (χ0n) is 11.5. The number of rotatable bonds is 12. The van der Waals surface area contributed by atoms with Crippen molar-refractivity contribution < 1.29 is 9.26 Å². The van der Waals surface area contributed by atoms with Gasteiger partial charge in [0.25, 0.3) is 0 Å². The Kier molecular flexibility index (Phi) is 14.2. The predicted molar refractivity (Wildman–Crippen MR) is 78.2 cm³/mol. The molecular formula is C14H29O2P. The van der Waals surface area contributed by atoms with Gasteiger partial charge in [-0.3, -0.25) is 0 Å². The maximum atomic E-state index is 5.62. The normalized spacial score (nSPS) is 13.4. The topological polar surface area (TPSA) is 18.5 Å². The van der Waals surface area contributed by atoms with Crippen LogP contribution in [0.2, 0.25) is 0 Å². The maximum absolute atomic E-state index is 5.62. The van der Waals surface area contributed by atoms with Gasteiger partial charge in [0, 0.05) is 22.7 Å². The highest BCUT2D eigenvalue weighted by Crippen LogP contribution is 2.06. The van der Waals surface area contributed by atoms with Gasteiger partial charge >= 0.3 is 0 Å². The molecule has 0 radical (unpaired) electrons. The summed E-state index contributed by atoms with van der Waals surface area (Å²) in [6.45, 7) is 7.07. The molecule has 0 bridgehead atoms.